The lowest BCUT2D eigenvalue weighted by atomic mass is 10.2. The average Bonchev–Trinajstić information content (AvgIpc) is 2.72. The van der Waals surface area contributed by atoms with Crippen molar-refractivity contribution in [3.05, 3.63) is 54.1 Å². The van der Waals surface area contributed by atoms with Gasteiger partial charge in [0, 0.05) is 24.7 Å². The molecule has 0 fully saturated rings. The second-order valence-corrected chi connectivity index (χ2v) is 7.15. The summed E-state index contributed by atoms with van der Waals surface area (Å²) in [6.07, 6.45) is -4.47. The van der Waals surface area contributed by atoms with E-state index in [4.69, 9.17) is 4.74 Å². The van der Waals surface area contributed by atoms with Gasteiger partial charge in [-0.25, -0.2) is 9.97 Å². The molecule has 30 heavy (non-hydrogen) atoms. The molecular weight excluding hydrogens is 417 g/mol. The summed E-state index contributed by atoms with van der Waals surface area (Å²) in [6.45, 7) is 1.05. The number of aromatic nitrogens is 2. The Balaban J connectivity index is 1.68. The molecule has 0 unspecified atom stereocenters. The highest BCUT2D eigenvalue weighted by molar-refractivity contribution is 7.99. The predicted octanol–water partition coefficient (Wildman–Crippen LogP) is 4.44. The third kappa shape index (κ3) is 5.83. The summed E-state index contributed by atoms with van der Waals surface area (Å²) in [5.41, 5.74) is -0.0254. The van der Waals surface area contributed by atoms with E-state index in [0.717, 1.165) is 29.3 Å². The zero-order valence-electron chi connectivity index (χ0n) is 16.0. The number of thioether (sulfide) groups is 1. The molecule has 1 heterocycles. The summed E-state index contributed by atoms with van der Waals surface area (Å²) >= 11 is 1.10. The van der Waals surface area contributed by atoms with Crippen LogP contribution in [0.15, 0.2) is 53.7 Å². The normalized spacial score (nSPS) is 11.5. The standard InChI is InChI=1S/C20H19F3N4O2S/c1-29-10-9-24-18-15-7-2-3-8-16(15)26-19(27-18)30-12-17(28)25-14-6-4-5-13(11-14)20(21,22)23/h2-8,11H,9-10,12H2,1H3,(H,25,28)(H,24,26,27). The largest absolute Gasteiger partial charge is 0.416 e. The lowest BCUT2D eigenvalue weighted by Gasteiger charge is -2.11. The number of hydrogen-bond donors (Lipinski definition) is 2. The SMILES string of the molecule is COCCNc1nc(SCC(=O)Nc2cccc(C(F)(F)F)c2)nc2ccccc12. The van der Waals surface area contributed by atoms with Crippen LogP contribution in [-0.2, 0) is 15.7 Å². The summed E-state index contributed by atoms with van der Waals surface area (Å²) in [5.74, 6) is 0.120. The van der Waals surface area contributed by atoms with E-state index >= 15 is 0 Å². The van der Waals surface area contributed by atoms with Gasteiger partial charge in [0.2, 0.25) is 5.91 Å². The molecule has 2 aromatic carbocycles. The van der Waals surface area contributed by atoms with Crippen molar-refractivity contribution in [2.45, 2.75) is 11.3 Å². The molecule has 10 heteroatoms. The lowest BCUT2D eigenvalue weighted by molar-refractivity contribution is -0.137. The van der Waals surface area contributed by atoms with Crippen LogP contribution >= 0.6 is 11.8 Å². The van der Waals surface area contributed by atoms with Crippen molar-refractivity contribution in [2.75, 3.05) is 36.6 Å². The van der Waals surface area contributed by atoms with Crippen molar-refractivity contribution < 1.29 is 22.7 Å². The van der Waals surface area contributed by atoms with Crippen LogP contribution < -0.4 is 10.6 Å². The first-order valence-electron chi connectivity index (χ1n) is 8.96. The van der Waals surface area contributed by atoms with E-state index in [1.54, 1.807) is 7.11 Å². The minimum Gasteiger partial charge on any atom is -0.383 e. The number of hydrogen-bond acceptors (Lipinski definition) is 6. The second kappa shape index (κ2) is 9.77. The number of methoxy groups -OCH3 is 1. The topological polar surface area (TPSA) is 76.1 Å². The molecule has 1 amide bonds. The molecule has 2 N–H and O–H groups in total. The van der Waals surface area contributed by atoms with Crippen LogP contribution in [0.5, 0.6) is 0 Å². The molecule has 0 radical (unpaired) electrons. The zero-order valence-corrected chi connectivity index (χ0v) is 16.8. The van der Waals surface area contributed by atoms with Gasteiger partial charge in [0.05, 0.1) is 23.4 Å². The Bertz CT molecular complexity index is 1030. The molecule has 0 aliphatic rings. The summed E-state index contributed by atoms with van der Waals surface area (Å²) in [6, 6.07) is 12.0. The van der Waals surface area contributed by atoms with Crippen molar-refractivity contribution in [3.63, 3.8) is 0 Å². The van der Waals surface area contributed by atoms with Crippen LogP contribution in [0.4, 0.5) is 24.7 Å². The Morgan fingerprint density at radius 2 is 1.93 bits per heavy atom. The van der Waals surface area contributed by atoms with E-state index < -0.39 is 17.6 Å². The third-order valence-electron chi connectivity index (χ3n) is 3.99. The van der Waals surface area contributed by atoms with Crippen LogP contribution in [0.25, 0.3) is 10.9 Å². The van der Waals surface area contributed by atoms with Crippen molar-refractivity contribution in [3.8, 4) is 0 Å². The number of ether oxygens (including phenoxy) is 1. The van der Waals surface area contributed by atoms with E-state index in [0.29, 0.717) is 29.6 Å². The van der Waals surface area contributed by atoms with Crippen LogP contribution in [0.2, 0.25) is 0 Å². The number of rotatable bonds is 8. The van der Waals surface area contributed by atoms with Crippen molar-refractivity contribution >= 4 is 40.1 Å². The minimum absolute atomic E-state index is 0.0495. The minimum atomic E-state index is -4.47. The first kappa shape index (κ1) is 21.8. The van der Waals surface area contributed by atoms with E-state index in [1.165, 1.54) is 12.1 Å². The predicted molar refractivity (Wildman–Crippen MR) is 111 cm³/mol. The number of para-hydroxylation sites is 1. The number of carbonyl (C=O) groups is 1. The molecule has 1 aromatic heterocycles. The van der Waals surface area contributed by atoms with Gasteiger partial charge >= 0.3 is 6.18 Å². The highest BCUT2D eigenvalue weighted by atomic mass is 32.2. The number of halogens is 3. The van der Waals surface area contributed by atoms with Gasteiger partial charge in [-0.15, -0.1) is 0 Å². The van der Waals surface area contributed by atoms with E-state index in [1.807, 2.05) is 24.3 Å². The lowest BCUT2D eigenvalue weighted by Crippen LogP contribution is -2.15. The smallest absolute Gasteiger partial charge is 0.383 e. The highest BCUT2D eigenvalue weighted by Crippen LogP contribution is 2.31. The quantitative estimate of drug-likeness (QED) is 0.309. The fourth-order valence-electron chi connectivity index (χ4n) is 2.63. The highest BCUT2D eigenvalue weighted by Gasteiger charge is 2.30. The van der Waals surface area contributed by atoms with Gasteiger partial charge in [0.1, 0.15) is 5.82 Å². The van der Waals surface area contributed by atoms with Crippen molar-refractivity contribution in [1.29, 1.82) is 0 Å². The fraction of sp³-hybridized carbons (Fsp3) is 0.250. The molecular formula is C20H19F3N4O2S. The Morgan fingerprint density at radius 3 is 2.70 bits per heavy atom. The molecule has 0 saturated carbocycles. The van der Waals surface area contributed by atoms with Gasteiger partial charge in [-0.1, -0.05) is 30.0 Å². The average molecular weight is 436 g/mol. The van der Waals surface area contributed by atoms with Gasteiger partial charge in [0.15, 0.2) is 5.16 Å². The van der Waals surface area contributed by atoms with E-state index in [9.17, 15) is 18.0 Å². The van der Waals surface area contributed by atoms with Crippen LogP contribution in [0, 0.1) is 0 Å². The molecule has 0 atom stereocenters. The number of fused-ring (bicyclic) bond motifs is 1. The monoisotopic (exact) mass is 436 g/mol. The van der Waals surface area contributed by atoms with E-state index in [2.05, 4.69) is 20.6 Å². The summed E-state index contributed by atoms with van der Waals surface area (Å²) in [4.78, 5) is 21.1. The van der Waals surface area contributed by atoms with E-state index in [-0.39, 0.29) is 11.4 Å². The summed E-state index contributed by atoms with van der Waals surface area (Å²) in [5, 5.41) is 6.87. The van der Waals surface area contributed by atoms with Crippen molar-refractivity contribution in [2.24, 2.45) is 0 Å². The van der Waals surface area contributed by atoms with Gasteiger partial charge in [0.25, 0.3) is 0 Å². The van der Waals surface area contributed by atoms with Crippen LogP contribution in [0.3, 0.4) is 0 Å². The molecule has 0 aliphatic heterocycles. The van der Waals surface area contributed by atoms with Gasteiger partial charge in [-0.3, -0.25) is 4.79 Å². The number of nitrogens with one attached hydrogen (secondary N) is 2. The number of alkyl halides is 3. The molecule has 3 rings (SSSR count). The molecule has 0 aliphatic carbocycles. The second-order valence-electron chi connectivity index (χ2n) is 6.21. The van der Waals surface area contributed by atoms with Crippen LogP contribution in [-0.4, -0.2) is 41.9 Å². The number of amides is 1. The maximum atomic E-state index is 12.8. The number of anilines is 2. The Kier molecular flexibility index (Phi) is 7.11. The molecule has 6 nitrogen and oxygen atoms in total. The van der Waals surface area contributed by atoms with Gasteiger partial charge in [-0.05, 0) is 30.3 Å². The van der Waals surface area contributed by atoms with Gasteiger partial charge < -0.3 is 15.4 Å². The number of carbonyl (C=O) groups excluding carboxylic acids is 1. The first-order valence-corrected chi connectivity index (χ1v) is 9.95. The molecule has 0 bridgehead atoms. The molecule has 3 aromatic rings. The maximum Gasteiger partial charge on any atom is 0.416 e. The number of benzene rings is 2. The fourth-order valence-corrected chi connectivity index (χ4v) is 3.28. The first-order chi connectivity index (χ1) is 14.4. The zero-order chi connectivity index (χ0) is 21.6. The number of nitrogens with zero attached hydrogens (tertiary/aromatic N) is 2. The Hall–Kier alpha value is -2.85. The summed E-state index contributed by atoms with van der Waals surface area (Å²) in [7, 11) is 1.60. The van der Waals surface area contributed by atoms with Crippen LogP contribution in [0.1, 0.15) is 5.56 Å². The molecule has 0 spiro atoms. The summed E-state index contributed by atoms with van der Waals surface area (Å²) < 4.78 is 43.4. The Morgan fingerprint density at radius 1 is 1.13 bits per heavy atom. The van der Waals surface area contributed by atoms with Crippen molar-refractivity contribution in [1.82, 2.24) is 9.97 Å². The molecule has 158 valence electrons. The third-order valence-corrected chi connectivity index (χ3v) is 4.83. The van der Waals surface area contributed by atoms with Gasteiger partial charge in [-0.2, -0.15) is 13.2 Å². The Labute approximate surface area is 175 Å². The molecule has 0 saturated heterocycles. The maximum absolute atomic E-state index is 12.8.